The van der Waals surface area contributed by atoms with Crippen molar-refractivity contribution in [2.24, 2.45) is 67.9 Å². The number of primary amides is 1. The lowest BCUT2D eigenvalue weighted by Crippen LogP contribution is -2.53. The quantitative estimate of drug-likeness (QED) is 0.0168. The summed E-state index contributed by atoms with van der Waals surface area (Å²) in [7, 11) is 0. The fourth-order valence-electron chi connectivity index (χ4n) is 10.6. The van der Waals surface area contributed by atoms with Crippen molar-refractivity contribution in [3.05, 3.63) is 102 Å². The number of aromatic hydroxyl groups is 1. The Labute approximate surface area is 581 Å². The summed E-state index contributed by atoms with van der Waals surface area (Å²) in [5, 5.41) is 46.0. The van der Waals surface area contributed by atoms with Gasteiger partial charge in [0.05, 0.1) is 61.8 Å². The van der Waals surface area contributed by atoms with Gasteiger partial charge < -0.3 is 87.4 Å². The number of aliphatic imine (C=N–C) groups is 2. The largest absolute Gasteiger partial charge is 0.508 e. The number of ketones is 6. The molecule has 0 aliphatic carbocycles. The number of phenols is 1. The predicted molar refractivity (Wildman–Crippen MR) is 371 cm³/mol. The lowest BCUT2D eigenvalue weighted by Gasteiger charge is -2.25. The molecule has 23 N–H and O–H groups in total. The number of aliphatic hydroxyl groups excluding tert-OH is 2. The van der Waals surface area contributed by atoms with E-state index in [-0.39, 0.29) is 95.1 Å². The molecular weight excluding hydrogens is 1290 g/mol. The molecule has 0 fully saturated rings. The molecule has 0 spiro atoms. The normalized spacial score (nSPS) is 14.0. The summed E-state index contributed by atoms with van der Waals surface area (Å²) >= 11 is 0. The number of Topliss-reactive ketones (excluding diaryl/α,β-unsaturated/α-hetero) is 6. The molecule has 0 saturated heterocycles. The van der Waals surface area contributed by atoms with Crippen molar-refractivity contribution in [2.75, 3.05) is 32.8 Å². The number of nitrogens with two attached hydrogens (primary N) is 7. The Bertz CT molecular complexity index is 3260. The van der Waals surface area contributed by atoms with Crippen molar-refractivity contribution in [1.82, 2.24) is 31.9 Å². The highest BCUT2D eigenvalue weighted by molar-refractivity contribution is 5.99. The van der Waals surface area contributed by atoms with Crippen LogP contribution in [0.3, 0.4) is 0 Å². The zero-order valence-corrected chi connectivity index (χ0v) is 56.9. The van der Waals surface area contributed by atoms with Gasteiger partial charge in [0.1, 0.15) is 11.8 Å². The van der Waals surface area contributed by atoms with Crippen molar-refractivity contribution in [2.45, 2.75) is 178 Å². The summed E-state index contributed by atoms with van der Waals surface area (Å²) < 4.78 is 0. The second kappa shape index (κ2) is 45.7. The zero-order chi connectivity index (χ0) is 74.3. The minimum Gasteiger partial charge on any atom is -0.508 e. The van der Waals surface area contributed by atoms with Crippen LogP contribution in [0.4, 0.5) is 0 Å². The summed E-state index contributed by atoms with van der Waals surface area (Å²) in [5.41, 5.74) is 40.8. The number of hydrogen-bond acceptors (Lipinski definition) is 20. The van der Waals surface area contributed by atoms with Crippen LogP contribution in [0, 0.1) is 17.8 Å². The van der Waals surface area contributed by atoms with Crippen LogP contribution >= 0.6 is 0 Å². The minimum atomic E-state index is -1.45. The molecule has 31 nitrogen and oxygen atoms in total. The molecule has 3 aromatic rings. The number of aliphatic hydroxyl groups is 2. The van der Waals surface area contributed by atoms with Gasteiger partial charge in [0.15, 0.2) is 46.6 Å². The number of unbranched alkanes of at least 4 members (excludes halogenated alkanes) is 1. The molecule has 10 unspecified atom stereocenters. The Morgan fingerprint density at radius 1 is 0.470 bits per heavy atom. The predicted octanol–water partition coefficient (Wildman–Crippen LogP) is -1.82. The molecule has 0 aliphatic rings. The molecule has 0 saturated carbocycles. The third-order valence-electron chi connectivity index (χ3n) is 16.4. The maximum absolute atomic E-state index is 14.5. The highest BCUT2D eigenvalue weighted by Crippen LogP contribution is 2.21. The molecule has 3 aromatic carbocycles. The van der Waals surface area contributed by atoms with Gasteiger partial charge in [-0.1, -0.05) is 79.7 Å². The molecule has 7 amide bonds. The topological polar surface area (TPSA) is 562 Å². The van der Waals surface area contributed by atoms with E-state index in [1.807, 2.05) is 0 Å². The average Bonchev–Trinajstić information content (AvgIpc) is 0.909. The van der Waals surface area contributed by atoms with E-state index in [0.29, 0.717) is 29.5 Å². The van der Waals surface area contributed by atoms with E-state index < -0.39 is 201 Å². The molecule has 0 aromatic heterocycles. The third kappa shape index (κ3) is 33.1. The Balaban J connectivity index is 1.75. The molecule has 100 heavy (non-hydrogen) atoms. The van der Waals surface area contributed by atoms with E-state index in [4.69, 9.17) is 40.1 Å². The Kier molecular flexibility index (Phi) is 38.5. The number of rotatable bonds is 51. The third-order valence-corrected chi connectivity index (χ3v) is 16.4. The maximum Gasteiger partial charge on any atom is 0.240 e. The molecule has 31 heteroatoms. The van der Waals surface area contributed by atoms with Crippen molar-refractivity contribution < 1.29 is 77.6 Å². The molecule has 0 aliphatic heterocycles. The van der Waals surface area contributed by atoms with Crippen molar-refractivity contribution >= 4 is 88.0 Å². The van der Waals surface area contributed by atoms with Crippen molar-refractivity contribution in [1.29, 1.82) is 0 Å². The van der Waals surface area contributed by atoms with Crippen LogP contribution in [0.5, 0.6) is 5.75 Å². The van der Waals surface area contributed by atoms with E-state index in [1.165, 1.54) is 38.1 Å². The molecule has 0 radical (unpaired) electrons. The first-order chi connectivity index (χ1) is 47.5. The van der Waals surface area contributed by atoms with E-state index in [9.17, 15) is 77.6 Å². The van der Waals surface area contributed by atoms with Gasteiger partial charge in [0.25, 0.3) is 0 Å². The first-order valence-corrected chi connectivity index (χ1v) is 33.5. The van der Waals surface area contributed by atoms with E-state index in [1.54, 1.807) is 60.7 Å². The van der Waals surface area contributed by atoms with Gasteiger partial charge in [0.2, 0.25) is 41.4 Å². The number of guanidine groups is 2. The van der Waals surface area contributed by atoms with Crippen LogP contribution in [-0.2, 0) is 81.6 Å². The second-order valence-electron chi connectivity index (χ2n) is 24.6. The molecule has 0 heterocycles. The van der Waals surface area contributed by atoms with Crippen molar-refractivity contribution in [3.63, 3.8) is 0 Å². The summed E-state index contributed by atoms with van der Waals surface area (Å²) in [5.74, 6) is -13.3. The second-order valence-corrected chi connectivity index (χ2v) is 24.6. The summed E-state index contributed by atoms with van der Waals surface area (Å²) in [6.07, 6.45) is -3.99. The smallest absolute Gasteiger partial charge is 0.240 e. The van der Waals surface area contributed by atoms with Gasteiger partial charge >= 0.3 is 0 Å². The maximum atomic E-state index is 14.5. The molecule has 548 valence electrons. The number of carbonyl (C=O) groups is 13. The molecular formula is C69H101N15O16. The molecule has 3 rings (SSSR count). The highest BCUT2D eigenvalue weighted by Gasteiger charge is 2.35. The van der Waals surface area contributed by atoms with Gasteiger partial charge in [0, 0.05) is 76.3 Å². The van der Waals surface area contributed by atoms with Crippen LogP contribution in [0.1, 0.15) is 133 Å². The van der Waals surface area contributed by atoms with Crippen LogP contribution in [0.25, 0.3) is 0 Å². The Morgan fingerprint density at radius 3 is 1.48 bits per heavy atom. The monoisotopic (exact) mass is 1400 g/mol. The summed E-state index contributed by atoms with van der Waals surface area (Å²) in [6.45, 7) is 1.68. The van der Waals surface area contributed by atoms with E-state index in [2.05, 4.69) is 41.9 Å². The molecule has 0 bridgehead atoms. The zero-order valence-electron chi connectivity index (χ0n) is 56.9. The average molecular weight is 1400 g/mol. The number of phenolic OH excluding ortho intramolecular Hbond substituents is 1. The van der Waals surface area contributed by atoms with Gasteiger partial charge in [-0.25, -0.2) is 0 Å². The van der Waals surface area contributed by atoms with Crippen LogP contribution in [0.15, 0.2) is 94.9 Å². The lowest BCUT2D eigenvalue weighted by molar-refractivity contribution is -0.135. The van der Waals surface area contributed by atoms with Gasteiger partial charge in [-0.3, -0.25) is 72.3 Å². The van der Waals surface area contributed by atoms with Crippen LogP contribution < -0.4 is 72.0 Å². The van der Waals surface area contributed by atoms with Crippen LogP contribution in [-0.4, -0.2) is 178 Å². The van der Waals surface area contributed by atoms with Gasteiger partial charge in [-0.2, -0.15) is 0 Å². The first-order valence-electron chi connectivity index (χ1n) is 33.5. The molecule has 10 atom stereocenters. The number of carbonyl (C=O) groups excluding carboxylic acids is 13. The standard InChI is InChI=1S/C69H101N15O16/c1-3-55(89)54(38-60(71)94)83-64(97)45(18-12-30-77-68(73)74)36-58(92)51(19-10-11-29-70)80-62(96)28-26-56(90)50(20-13-31-78-69(75)76)81-66(99)47(40-85)35-49(88)39-79-61(95)27-25-57(91)52(34-44-21-23-48(87)24-22-44)82-65(98)46(32-42-14-6-4-7-15-42)37-59(93)53(33-43-16-8-5-9-17-43)84-67(100)63(72)41(2)86/h4-9,14-17,21-24,41,45-47,50-54,63,85-87H,3,10-13,18-20,25-40,70,72H2,1-2H3,(H2,71,94)(H,79,95)(H,80,96)(H,81,99)(H,82,98)(H,83,97)(H,84,100)(H4,73,74,77)(H4,75,76,78). The fraction of sp³-hybridized carbons (Fsp3) is 0.522. The van der Waals surface area contributed by atoms with Crippen LogP contribution in [0.2, 0.25) is 0 Å². The summed E-state index contributed by atoms with van der Waals surface area (Å²) in [6, 6.07) is 15.8. The Morgan fingerprint density at radius 2 is 0.930 bits per heavy atom. The van der Waals surface area contributed by atoms with E-state index >= 15 is 0 Å². The SMILES string of the molecule is CCC(=O)C(CC(N)=O)NC(=O)C(CCCN=C(N)N)CC(=O)C(CCCCN)NC(=O)CCC(=O)C(CCCN=C(N)N)NC(=O)C(CO)CC(=O)CNC(=O)CCC(=O)C(Cc1ccc(O)cc1)NC(=O)C(CC(=O)C(Cc1ccccc1)NC(=O)C(N)C(C)O)Cc1ccccc1. The van der Waals surface area contributed by atoms with Crippen molar-refractivity contribution in [3.8, 4) is 5.75 Å². The number of nitrogens with zero attached hydrogens (tertiary/aromatic N) is 2. The summed E-state index contributed by atoms with van der Waals surface area (Å²) in [4.78, 5) is 184. The lowest BCUT2D eigenvalue weighted by atomic mass is 9.88. The minimum absolute atomic E-state index is 0.0183. The number of nitrogens with one attached hydrogen (secondary N) is 6. The van der Waals surface area contributed by atoms with E-state index in [0.717, 1.165) is 0 Å². The van der Waals surface area contributed by atoms with Gasteiger partial charge in [-0.15, -0.1) is 0 Å². The highest BCUT2D eigenvalue weighted by atomic mass is 16.3. The number of amides is 7. The number of benzene rings is 3. The Hall–Kier alpha value is -9.85. The number of hydrogen-bond donors (Lipinski definition) is 16. The fourth-order valence-corrected chi connectivity index (χ4v) is 10.6. The first kappa shape index (κ1) is 84.4. The van der Waals surface area contributed by atoms with Gasteiger partial charge in [-0.05, 0) is 106 Å².